The fraction of sp³-hybridized carbons (Fsp3) is 0.562. The molecule has 0 saturated carbocycles. The molecule has 0 aliphatic carbocycles. The van der Waals surface area contributed by atoms with Crippen LogP contribution >= 0.6 is 0 Å². The van der Waals surface area contributed by atoms with E-state index in [-0.39, 0.29) is 0 Å². The summed E-state index contributed by atoms with van der Waals surface area (Å²) in [6.45, 7) is 10.7. The van der Waals surface area contributed by atoms with E-state index in [9.17, 15) is 0 Å². The Balaban J connectivity index is 0.000000861. The molecule has 1 aromatic rings. The second kappa shape index (κ2) is 7.82. The van der Waals surface area contributed by atoms with E-state index in [1.54, 1.807) is 0 Å². The minimum atomic E-state index is 0.931. The molecule has 0 radical (unpaired) electrons. The number of nitrogens with zero attached hydrogens (tertiary/aromatic N) is 3. The zero-order valence-corrected chi connectivity index (χ0v) is 12.6. The smallest absolute Gasteiger partial charge is 0.128 e. The molecule has 1 saturated heterocycles. The van der Waals surface area contributed by atoms with Gasteiger partial charge < -0.3 is 9.80 Å². The maximum atomic E-state index is 4.48. The van der Waals surface area contributed by atoms with E-state index in [0.717, 1.165) is 11.7 Å². The van der Waals surface area contributed by atoms with E-state index in [2.05, 4.69) is 42.1 Å². The van der Waals surface area contributed by atoms with Gasteiger partial charge >= 0.3 is 0 Å². The number of hydrogen-bond acceptors (Lipinski definition) is 3. The molecule has 1 fully saturated rings. The lowest BCUT2D eigenvalue weighted by molar-refractivity contribution is 0.395. The van der Waals surface area contributed by atoms with Crippen molar-refractivity contribution in [1.82, 2.24) is 4.98 Å². The molecule has 106 valence electrons. The van der Waals surface area contributed by atoms with Crippen LogP contribution < -0.4 is 9.80 Å². The third-order valence-electron chi connectivity index (χ3n) is 3.75. The van der Waals surface area contributed by atoms with Crippen molar-refractivity contribution in [3.63, 3.8) is 0 Å². The van der Waals surface area contributed by atoms with Gasteiger partial charge in [-0.3, -0.25) is 0 Å². The molecular formula is C16H27N3. The number of anilines is 2. The molecule has 1 aliphatic rings. The third-order valence-corrected chi connectivity index (χ3v) is 3.75. The van der Waals surface area contributed by atoms with Gasteiger partial charge in [-0.25, -0.2) is 4.98 Å². The summed E-state index contributed by atoms with van der Waals surface area (Å²) >= 11 is 0. The van der Waals surface area contributed by atoms with E-state index in [1.165, 1.54) is 38.0 Å². The van der Waals surface area contributed by atoms with Crippen LogP contribution in [0.15, 0.2) is 31.5 Å². The fourth-order valence-electron chi connectivity index (χ4n) is 2.43. The molecule has 0 bridgehead atoms. The van der Waals surface area contributed by atoms with Crippen LogP contribution in [0.4, 0.5) is 11.5 Å². The van der Waals surface area contributed by atoms with E-state index >= 15 is 0 Å². The molecule has 1 aliphatic heterocycles. The normalized spacial score (nSPS) is 15.6. The zero-order valence-electron chi connectivity index (χ0n) is 12.6. The SMILES string of the molecule is C=C.CCC1CCN(c2ccc(N(C)C)nc2)CC1. The molecule has 19 heavy (non-hydrogen) atoms. The Morgan fingerprint density at radius 3 is 2.32 bits per heavy atom. The number of pyridine rings is 1. The lowest BCUT2D eigenvalue weighted by Crippen LogP contribution is -2.33. The highest BCUT2D eigenvalue weighted by Crippen LogP contribution is 2.25. The molecule has 1 aromatic heterocycles. The molecule has 2 rings (SSSR count). The van der Waals surface area contributed by atoms with Crippen LogP contribution in [-0.4, -0.2) is 32.2 Å². The van der Waals surface area contributed by atoms with Crippen LogP contribution in [0.3, 0.4) is 0 Å². The Labute approximate surface area is 117 Å². The number of aromatic nitrogens is 1. The topological polar surface area (TPSA) is 19.4 Å². The van der Waals surface area contributed by atoms with Gasteiger partial charge in [0, 0.05) is 27.2 Å². The molecule has 2 heterocycles. The summed E-state index contributed by atoms with van der Waals surface area (Å²) in [5.74, 6) is 1.96. The summed E-state index contributed by atoms with van der Waals surface area (Å²) in [4.78, 5) is 8.97. The summed E-state index contributed by atoms with van der Waals surface area (Å²) < 4.78 is 0. The monoisotopic (exact) mass is 261 g/mol. The predicted octanol–water partition coefficient (Wildman–Crippen LogP) is 3.58. The van der Waals surface area contributed by atoms with Crippen molar-refractivity contribution in [3.05, 3.63) is 31.5 Å². The summed E-state index contributed by atoms with van der Waals surface area (Å²) in [5.41, 5.74) is 1.27. The fourth-order valence-corrected chi connectivity index (χ4v) is 2.43. The Morgan fingerprint density at radius 2 is 1.89 bits per heavy atom. The summed E-state index contributed by atoms with van der Waals surface area (Å²) in [5, 5.41) is 0. The number of piperidine rings is 1. The quantitative estimate of drug-likeness (QED) is 0.775. The van der Waals surface area contributed by atoms with Crippen molar-refractivity contribution in [3.8, 4) is 0 Å². The highest BCUT2D eigenvalue weighted by molar-refractivity contribution is 5.50. The first-order valence-electron chi connectivity index (χ1n) is 7.09. The minimum Gasteiger partial charge on any atom is -0.370 e. The van der Waals surface area contributed by atoms with Crippen molar-refractivity contribution >= 4 is 11.5 Å². The second-order valence-electron chi connectivity index (χ2n) is 5.11. The van der Waals surface area contributed by atoms with Crippen LogP contribution in [0.2, 0.25) is 0 Å². The van der Waals surface area contributed by atoms with Gasteiger partial charge in [-0.2, -0.15) is 0 Å². The van der Waals surface area contributed by atoms with E-state index < -0.39 is 0 Å². The van der Waals surface area contributed by atoms with E-state index in [0.29, 0.717) is 0 Å². The average molecular weight is 261 g/mol. The molecule has 3 heteroatoms. The summed E-state index contributed by atoms with van der Waals surface area (Å²) in [6.07, 6.45) is 5.98. The van der Waals surface area contributed by atoms with Crippen LogP contribution in [-0.2, 0) is 0 Å². The van der Waals surface area contributed by atoms with Gasteiger partial charge in [0.25, 0.3) is 0 Å². The zero-order chi connectivity index (χ0) is 14.3. The summed E-state index contributed by atoms with van der Waals surface area (Å²) in [7, 11) is 4.05. The molecule has 3 nitrogen and oxygen atoms in total. The maximum absolute atomic E-state index is 4.48. The van der Waals surface area contributed by atoms with Crippen LogP contribution in [0.25, 0.3) is 0 Å². The second-order valence-corrected chi connectivity index (χ2v) is 5.11. The Kier molecular flexibility index (Phi) is 6.40. The van der Waals surface area contributed by atoms with Gasteiger partial charge in [0.15, 0.2) is 0 Å². The van der Waals surface area contributed by atoms with E-state index in [1.807, 2.05) is 25.2 Å². The lowest BCUT2D eigenvalue weighted by atomic mass is 9.94. The molecular weight excluding hydrogens is 234 g/mol. The minimum absolute atomic E-state index is 0.931. The van der Waals surface area contributed by atoms with Crippen molar-refractivity contribution in [2.24, 2.45) is 5.92 Å². The molecule has 0 aromatic carbocycles. The highest BCUT2D eigenvalue weighted by atomic mass is 15.2. The van der Waals surface area contributed by atoms with Crippen molar-refractivity contribution < 1.29 is 0 Å². The molecule has 0 unspecified atom stereocenters. The first-order valence-corrected chi connectivity index (χ1v) is 7.09. The molecule has 0 amide bonds. The highest BCUT2D eigenvalue weighted by Gasteiger charge is 2.18. The van der Waals surface area contributed by atoms with Gasteiger partial charge in [0.1, 0.15) is 5.82 Å². The van der Waals surface area contributed by atoms with Crippen molar-refractivity contribution in [2.75, 3.05) is 37.0 Å². The molecule has 0 spiro atoms. The Morgan fingerprint density at radius 1 is 1.26 bits per heavy atom. The predicted molar refractivity (Wildman–Crippen MR) is 85.0 cm³/mol. The maximum Gasteiger partial charge on any atom is 0.128 e. The van der Waals surface area contributed by atoms with E-state index in [4.69, 9.17) is 0 Å². The molecule has 0 atom stereocenters. The third kappa shape index (κ3) is 4.27. The van der Waals surface area contributed by atoms with Gasteiger partial charge in [0.05, 0.1) is 11.9 Å². The largest absolute Gasteiger partial charge is 0.370 e. The standard InChI is InChI=1S/C14H23N3.C2H4/c1-4-12-7-9-17(10-8-12)13-5-6-14(15-11-13)16(2)3;1-2/h5-6,11-12H,4,7-10H2,1-3H3;1-2H2. The molecule has 0 N–H and O–H groups in total. The first kappa shape index (κ1) is 15.5. The Hall–Kier alpha value is -1.51. The van der Waals surface area contributed by atoms with Gasteiger partial charge in [-0.05, 0) is 30.9 Å². The van der Waals surface area contributed by atoms with Gasteiger partial charge in [-0.1, -0.05) is 13.3 Å². The number of hydrogen-bond donors (Lipinski definition) is 0. The van der Waals surface area contributed by atoms with Crippen molar-refractivity contribution in [2.45, 2.75) is 26.2 Å². The average Bonchev–Trinajstić information content (AvgIpc) is 2.49. The first-order chi connectivity index (χ1) is 9.20. The van der Waals surface area contributed by atoms with Crippen LogP contribution in [0.5, 0.6) is 0 Å². The Bertz CT molecular complexity index is 351. The number of rotatable bonds is 3. The lowest BCUT2D eigenvalue weighted by Gasteiger charge is -2.33. The summed E-state index contributed by atoms with van der Waals surface area (Å²) in [6, 6.07) is 4.29. The van der Waals surface area contributed by atoms with Crippen LogP contribution in [0, 0.1) is 5.92 Å². The van der Waals surface area contributed by atoms with Gasteiger partial charge in [-0.15, -0.1) is 13.2 Å². The van der Waals surface area contributed by atoms with Crippen molar-refractivity contribution in [1.29, 1.82) is 0 Å². The van der Waals surface area contributed by atoms with Gasteiger partial charge in [0.2, 0.25) is 0 Å². The van der Waals surface area contributed by atoms with Crippen LogP contribution in [0.1, 0.15) is 26.2 Å².